The van der Waals surface area contributed by atoms with Crippen molar-refractivity contribution in [3.63, 3.8) is 0 Å². The largest absolute Gasteiger partial charge is 0.494 e. The van der Waals surface area contributed by atoms with Crippen molar-refractivity contribution in [2.24, 2.45) is 0 Å². The molecule has 3 aromatic carbocycles. The van der Waals surface area contributed by atoms with Gasteiger partial charge in [-0.15, -0.1) is 0 Å². The Kier molecular flexibility index (Phi) is 5.82. The maximum atomic E-state index is 13.5. The van der Waals surface area contributed by atoms with E-state index in [1.165, 1.54) is 4.90 Å². The van der Waals surface area contributed by atoms with Crippen molar-refractivity contribution in [1.29, 1.82) is 0 Å². The first kappa shape index (κ1) is 21.4. The molecule has 3 aromatic rings. The minimum Gasteiger partial charge on any atom is -0.494 e. The van der Waals surface area contributed by atoms with Gasteiger partial charge in [0.2, 0.25) is 0 Å². The average Bonchev–Trinajstić information content (AvgIpc) is 2.98. The van der Waals surface area contributed by atoms with Gasteiger partial charge in [-0.2, -0.15) is 0 Å². The van der Waals surface area contributed by atoms with Gasteiger partial charge in [0, 0.05) is 5.69 Å². The number of carbonyl (C=O) groups is 2. The van der Waals surface area contributed by atoms with E-state index in [4.69, 9.17) is 4.74 Å². The van der Waals surface area contributed by atoms with Gasteiger partial charge in [-0.1, -0.05) is 35.9 Å². The Bertz CT molecular complexity index is 1190. The molecule has 1 aliphatic rings. The van der Waals surface area contributed by atoms with Gasteiger partial charge in [0.1, 0.15) is 11.4 Å². The zero-order chi connectivity index (χ0) is 22.8. The van der Waals surface area contributed by atoms with Gasteiger partial charge in [-0.05, 0) is 80.8 Å². The van der Waals surface area contributed by atoms with E-state index in [0.717, 1.165) is 22.4 Å². The van der Waals surface area contributed by atoms with E-state index in [1.54, 1.807) is 24.3 Å². The van der Waals surface area contributed by atoms with Crippen LogP contribution in [0.5, 0.6) is 5.75 Å². The van der Waals surface area contributed by atoms with Crippen molar-refractivity contribution in [2.75, 3.05) is 16.8 Å². The van der Waals surface area contributed by atoms with Crippen molar-refractivity contribution < 1.29 is 14.3 Å². The molecule has 0 saturated carbocycles. The second-order valence-corrected chi connectivity index (χ2v) is 7.99. The summed E-state index contributed by atoms with van der Waals surface area (Å²) in [6.07, 6.45) is 0. The lowest BCUT2D eigenvalue weighted by Gasteiger charge is -2.16. The van der Waals surface area contributed by atoms with E-state index in [0.29, 0.717) is 29.2 Å². The highest BCUT2D eigenvalue weighted by Crippen LogP contribution is 2.34. The molecule has 1 N–H and O–H groups in total. The van der Waals surface area contributed by atoms with Gasteiger partial charge in [0.15, 0.2) is 0 Å². The van der Waals surface area contributed by atoms with Gasteiger partial charge < -0.3 is 10.1 Å². The quantitative estimate of drug-likeness (QED) is 0.536. The molecule has 1 aliphatic heterocycles. The second kappa shape index (κ2) is 8.71. The number of anilines is 2. The molecule has 0 bridgehead atoms. The normalized spacial score (nSPS) is 13.7. The van der Waals surface area contributed by atoms with Crippen LogP contribution in [0.2, 0.25) is 0 Å². The van der Waals surface area contributed by atoms with E-state index in [1.807, 2.05) is 64.1 Å². The Morgan fingerprint density at radius 1 is 0.781 bits per heavy atom. The van der Waals surface area contributed by atoms with Crippen LogP contribution in [0.25, 0.3) is 5.57 Å². The highest BCUT2D eigenvalue weighted by molar-refractivity contribution is 6.46. The molecule has 2 amide bonds. The Hall–Kier alpha value is -3.86. The van der Waals surface area contributed by atoms with Crippen LogP contribution < -0.4 is 15.0 Å². The first-order valence-corrected chi connectivity index (χ1v) is 10.7. The SMILES string of the molecule is CCOc1ccc(N2C(=O)C(Nc3cc(C)cc(C)c3)=C(c3ccc(C)cc3)C2=O)cc1. The molecule has 0 spiro atoms. The third-order valence-electron chi connectivity index (χ3n) is 5.32. The summed E-state index contributed by atoms with van der Waals surface area (Å²) in [7, 11) is 0. The van der Waals surface area contributed by atoms with Gasteiger partial charge in [-0.25, -0.2) is 4.90 Å². The molecule has 1 heterocycles. The van der Waals surface area contributed by atoms with E-state index in [2.05, 4.69) is 11.4 Å². The monoisotopic (exact) mass is 426 g/mol. The van der Waals surface area contributed by atoms with Crippen LogP contribution in [0, 0.1) is 20.8 Å². The number of ether oxygens (including phenoxy) is 1. The Morgan fingerprint density at radius 2 is 1.41 bits per heavy atom. The molecule has 0 saturated heterocycles. The average molecular weight is 427 g/mol. The number of aryl methyl sites for hydroxylation is 3. The molecule has 0 aromatic heterocycles. The fraction of sp³-hybridized carbons (Fsp3) is 0.185. The highest BCUT2D eigenvalue weighted by Gasteiger charge is 2.40. The predicted molar refractivity (Wildman–Crippen MR) is 128 cm³/mol. The van der Waals surface area contributed by atoms with Crippen LogP contribution in [0.15, 0.2) is 72.4 Å². The van der Waals surface area contributed by atoms with Gasteiger partial charge in [0.25, 0.3) is 11.8 Å². The number of benzene rings is 3. The molecule has 5 heteroatoms. The van der Waals surface area contributed by atoms with Gasteiger partial charge >= 0.3 is 0 Å². The number of rotatable bonds is 6. The Labute approximate surface area is 188 Å². The van der Waals surface area contributed by atoms with Gasteiger partial charge in [0.05, 0.1) is 17.9 Å². The van der Waals surface area contributed by atoms with Crippen LogP contribution in [0.1, 0.15) is 29.2 Å². The Balaban J connectivity index is 1.78. The highest BCUT2D eigenvalue weighted by atomic mass is 16.5. The van der Waals surface area contributed by atoms with Crippen LogP contribution in [-0.4, -0.2) is 18.4 Å². The third-order valence-corrected chi connectivity index (χ3v) is 5.32. The molecule has 4 rings (SSSR count). The molecule has 5 nitrogen and oxygen atoms in total. The van der Waals surface area contributed by atoms with Crippen LogP contribution in [-0.2, 0) is 9.59 Å². The van der Waals surface area contributed by atoms with Crippen molar-refractivity contribution >= 4 is 28.8 Å². The molecule has 162 valence electrons. The van der Waals surface area contributed by atoms with E-state index < -0.39 is 0 Å². The molecular formula is C27H26N2O3. The first-order chi connectivity index (χ1) is 15.4. The number of hydrogen-bond donors (Lipinski definition) is 1. The zero-order valence-corrected chi connectivity index (χ0v) is 18.7. The fourth-order valence-corrected chi connectivity index (χ4v) is 3.92. The number of nitrogens with zero attached hydrogens (tertiary/aromatic N) is 1. The predicted octanol–water partition coefficient (Wildman–Crippen LogP) is 5.41. The second-order valence-electron chi connectivity index (χ2n) is 7.99. The maximum Gasteiger partial charge on any atom is 0.282 e. The molecule has 32 heavy (non-hydrogen) atoms. The number of amides is 2. The number of carbonyl (C=O) groups excluding carboxylic acids is 2. The smallest absolute Gasteiger partial charge is 0.282 e. The summed E-state index contributed by atoms with van der Waals surface area (Å²) < 4.78 is 5.49. The minimum absolute atomic E-state index is 0.276. The van der Waals surface area contributed by atoms with E-state index >= 15 is 0 Å². The van der Waals surface area contributed by atoms with Crippen LogP contribution >= 0.6 is 0 Å². The van der Waals surface area contributed by atoms with Crippen molar-refractivity contribution in [3.05, 3.63) is 94.7 Å². The van der Waals surface area contributed by atoms with Crippen molar-refractivity contribution in [2.45, 2.75) is 27.7 Å². The van der Waals surface area contributed by atoms with Crippen molar-refractivity contribution in [1.82, 2.24) is 0 Å². The van der Waals surface area contributed by atoms with Crippen LogP contribution in [0.3, 0.4) is 0 Å². The van der Waals surface area contributed by atoms with Crippen LogP contribution in [0.4, 0.5) is 11.4 Å². The molecular weight excluding hydrogens is 400 g/mol. The summed E-state index contributed by atoms with van der Waals surface area (Å²) in [5, 5.41) is 3.24. The molecule has 0 radical (unpaired) electrons. The lowest BCUT2D eigenvalue weighted by Crippen LogP contribution is -2.32. The molecule has 0 atom stereocenters. The third kappa shape index (κ3) is 4.14. The maximum absolute atomic E-state index is 13.5. The topological polar surface area (TPSA) is 58.6 Å². The van der Waals surface area contributed by atoms with E-state index in [-0.39, 0.29) is 17.5 Å². The van der Waals surface area contributed by atoms with Crippen molar-refractivity contribution in [3.8, 4) is 5.75 Å². The van der Waals surface area contributed by atoms with Gasteiger partial charge in [-0.3, -0.25) is 9.59 Å². The number of imide groups is 1. The summed E-state index contributed by atoms with van der Waals surface area (Å²) in [6, 6.07) is 20.6. The summed E-state index contributed by atoms with van der Waals surface area (Å²) >= 11 is 0. The first-order valence-electron chi connectivity index (χ1n) is 10.7. The number of hydrogen-bond acceptors (Lipinski definition) is 4. The summed E-state index contributed by atoms with van der Waals surface area (Å²) in [4.78, 5) is 28.2. The molecule has 0 unspecified atom stereocenters. The molecule has 0 aliphatic carbocycles. The number of nitrogens with one attached hydrogen (secondary N) is 1. The molecule has 0 fully saturated rings. The van der Waals surface area contributed by atoms with E-state index in [9.17, 15) is 9.59 Å². The minimum atomic E-state index is -0.381. The standard InChI is InChI=1S/C27H26N2O3/c1-5-32-23-12-10-22(11-13-23)29-26(30)24(20-8-6-17(2)7-9-20)25(27(29)31)28-21-15-18(3)14-19(4)16-21/h6-16,28H,5H2,1-4H3. The summed E-state index contributed by atoms with van der Waals surface area (Å²) in [6.45, 7) is 8.44. The lowest BCUT2D eigenvalue weighted by atomic mass is 10.0. The zero-order valence-electron chi connectivity index (χ0n) is 18.7. The summed E-state index contributed by atoms with van der Waals surface area (Å²) in [5.41, 5.74) is 5.85. The fourth-order valence-electron chi connectivity index (χ4n) is 3.92. The lowest BCUT2D eigenvalue weighted by molar-refractivity contribution is -0.120. The summed E-state index contributed by atoms with van der Waals surface area (Å²) in [5.74, 6) is -0.0422. The Morgan fingerprint density at radius 3 is 2.00 bits per heavy atom.